The Labute approximate surface area is 98.7 Å². The van der Waals surface area contributed by atoms with Gasteiger partial charge in [-0.2, -0.15) is 8.78 Å². The number of hydrogen-bond acceptors (Lipinski definition) is 4. The lowest BCUT2D eigenvalue weighted by Gasteiger charge is -2.19. The minimum absolute atomic E-state index is 0.102. The molecule has 0 bridgehead atoms. The Morgan fingerprint density at radius 2 is 2.06 bits per heavy atom. The standard InChI is InChI=1S/C11H16F2N2O2/c1-2-16-7-9(15-14)8-5-3-4-6-10(8)17-11(12)13/h3-6,9,11,15H,2,7,14H2,1H3. The molecule has 0 aromatic heterocycles. The van der Waals surface area contributed by atoms with Crippen LogP contribution in [0.15, 0.2) is 24.3 Å². The summed E-state index contributed by atoms with van der Waals surface area (Å²) in [6, 6.07) is 6.10. The first-order chi connectivity index (χ1) is 8.19. The van der Waals surface area contributed by atoms with Crippen molar-refractivity contribution in [3.05, 3.63) is 29.8 Å². The van der Waals surface area contributed by atoms with Gasteiger partial charge in [-0.15, -0.1) is 0 Å². The van der Waals surface area contributed by atoms with Crippen molar-refractivity contribution < 1.29 is 18.3 Å². The zero-order valence-electron chi connectivity index (χ0n) is 9.53. The van der Waals surface area contributed by atoms with Crippen LogP contribution < -0.4 is 16.0 Å². The van der Waals surface area contributed by atoms with Crippen LogP contribution in [0, 0.1) is 0 Å². The SMILES string of the molecule is CCOCC(NN)c1ccccc1OC(F)F. The van der Waals surface area contributed by atoms with Crippen LogP contribution in [0.5, 0.6) is 5.75 Å². The van der Waals surface area contributed by atoms with E-state index in [1.165, 1.54) is 6.07 Å². The molecule has 0 spiro atoms. The van der Waals surface area contributed by atoms with Gasteiger partial charge in [0.25, 0.3) is 0 Å². The molecule has 96 valence electrons. The smallest absolute Gasteiger partial charge is 0.387 e. The molecule has 0 aliphatic carbocycles. The van der Waals surface area contributed by atoms with Crippen molar-refractivity contribution in [2.45, 2.75) is 19.6 Å². The zero-order valence-corrected chi connectivity index (χ0v) is 9.53. The van der Waals surface area contributed by atoms with E-state index in [0.717, 1.165) is 0 Å². The lowest BCUT2D eigenvalue weighted by Crippen LogP contribution is -2.31. The molecule has 0 heterocycles. The fraction of sp³-hybridized carbons (Fsp3) is 0.455. The molecule has 1 rings (SSSR count). The van der Waals surface area contributed by atoms with Crippen molar-refractivity contribution in [2.24, 2.45) is 5.84 Å². The Bertz CT molecular complexity index is 337. The maximum absolute atomic E-state index is 12.2. The number of nitrogens with one attached hydrogen (secondary N) is 1. The highest BCUT2D eigenvalue weighted by molar-refractivity contribution is 5.36. The Balaban J connectivity index is 2.85. The van der Waals surface area contributed by atoms with E-state index in [9.17, 15) is 8.78 Å². The van der Waals surface area contributed by atoms with E-state index in [1.807, 2.05) is 6.92 Å². The van der Waals surface area contributed by atoms with Gasteiger partial charge in [-0.25, -0.2) is 0 Å². The molecule has 0 fully saturated rings. The molecule has 17 heavy (non-hydrogen) atoms. The van der Waals surface area contributed by atoms with Gasteiger partial charge in [0.05, 0.1) is 12.6 Å². The largest absolute Gasteiger partial charge is 0.434 e. The van der Waals surface area contributed by atoms with Gasteiger partial charge in [0.1, 0.15) is 5.75 Å². The van der Waals surface area contributed by atoms with Gasteiger partial charge < -0.3 is 9.47 Å². The quantitative estimate of drug-likeness (QED) is 0.569. The van der Waals surface area contributed by atoms with Crippen molar-refractivity contribution in [2.75, 3.05) is 13.2 Å². The number of nitrogens with two attached hydrogens (primary N) is 1. The molecule has 1 aromatic carbocycles. The summed E-state index contributed by atoms with van der Waals surface area (Å²) in [4.78, 5) is 0. The summed E-state index contributed by atoms with van der Waals surface area (Å²) in [7, 11) is 0. The molecule has 0 aliphatic rings. The van der Waals surface area contributed by atoms with Crippen LogP contribution in [-0.4, -0.2) is 19.8 Å². The predicted molar refractivity (Wildman–Crippen MR) is 59.6 cm³/mol. The molecule has 1 aromatic rings. The summed E-state index contributed by atoms with van der Waals surface area (Å²) < 4.78 is 34.1. The van der Waals surface area contributed by atoms with Crippen LogP contribution >= 0.6 is 0 Å². The van der Waals surface area contributed by atoms with Gasteiger partial charge in [-0.1, -0.05) is 18.2 Å². The van der Waals surface area contributed by atoms with Crippen molar-refractivity contribution in [1.29, 1.82) is 0 Å². The van der Waals surface area contributed by atoms with E-state index in [-0.39, 0.29) is 18.4 Å². The van der Waals surface area contributed by atoms with E-state index in [2.05, 4.69) is 10.2 Å². The fourth-order valence-electron chi connectivity index (χ4n) is 1.44. The minimum atomic E-state index is -2.86. The molecular formula is C11H16F2N2O2. The highest BCUT2D eigenvalue weighted by Crippen LogP contribution is 2.26. The normalized spacial score (nSPS) is 12.8. The van der Waals surface area contributed by atoms with Crippen LogP contribution in [0.4, 0.5) is 8.78 Å². The minimum Gasteiger partial charge on any atom is -0.434 e. The summed E-state index contributed by atoms with van der Waals surface area (Å²) in [6.45, 7) is -0.205. The molecule has 0 aliphatic heterocycles. The van der Waals surface area contributed by atoms with Crippen molar-refractivity contribution >= 4 is 0 Å². The second-order valence-electron chi connectivity index (χ2n) is 3.30. The zero-order chi connectivity index (χ0) is 12.7. The number of rotatable bonds is 7. The number of hydrogen-bond donors (Lipinski definition) is 2. The summed E-state index contributed by atoms with van der Waals surface area (Å²) in [6.07, 6.45) is 0. The van der Waals surface area contributed by atoms with E-state index < -0.39 is 6.61 Å². The van der Waals surface area contributed by atoms with Crippen LogP contribution in [0.25, 0.3) is 0 Å². The lowest BCUT2D eigenvalue weighted by molar-refractivity contribution is -0.0510. The summed E-state index contributed by atoms with van der Waals surface area (Å²) in [5, 5.41) is 0. The molecule has 0 saturated carbocycles. The number of alkyl halides is 2. The Morgan fingerprint density at radius 3 is 2.65 bits per heavy atom. The van der Waals surface area contributed by atoms with Gasteiger partial charge in [0.2, 0.25) is 0 Å². The second-order valence-corrected chi connectivity index (χ2v) is 3.30. The van der Waals surface area contributed by atoms with Gasteiger partial charge in [0, 0.05) is 12.2 Å². The van der Waals surface area contributed by atoms with Crippen molar-refractivity contribution in [3.63, 3.8) is 0 Å². The maximum Gasteiger partial charge on any atom is 0.387 e. The molecule has 0 amide bonds. The van der Waals surface area contributed by atoms with Gasteiger partial charge in [0.15, 0.2) is 0 Å². The second kappa shape index (κ2) is 7.16. The molecule has 6 heteroatoms. The highest BCUT2D eigenvalue weighted by atomic mass is 19.3. The first kappa shape index (κ1) is 13.8. The Hall–Kier alpha value is -1.24. The number of halogens is 2. The van der Waals surface area contributed by atoms with Crippen molar-refractivity contribution in [3.8, 4) is 5.75 Å². The van der Waals surface area contributed by atoms with E-state index in [4.69, 9.17) is 10.6 Å². The lowest BCUT2D eigenvalue weighted by atomic mass is 10.1. The molecule has 1 unspecified atom stereocenters. The number of para-hydroxylation sites is 1. The first-order valence-corrected chi connectivity index (χ1v) is 5.26. The van der Waals surface area contributed by atoms with Crippen molar-refractivity contribution in [1.82, 2.24) is 5.43 Å². The third-order valence-corrected chi connectivity index (χ3v) is 2.20. The Kier molecular flexibility index (Phi) is 5.82. The van der Waals surface area contributed by atoms with Gasteiger partial charge in [-0.05, 0) is 13.0 Å². The summed E-state index contributed by atoms with van der Waals surface area (Å²) in [5.41, 5.74) is 3.06. The first-order valence-electron chi connectivity index (χ1n) is 5.26. The van der Waals surface area contributed by atoms with Gasteiger partial charge >= 0.3 is 6.61 Å². The number of ether oxygens (including phenoxy) is 2. The molecule has 1 atom stereocenters. The highest BCUT2D eigenvalue weighted by Gasteiger charge is 2.16. The molecule has 0 saturated heterocycles. The average molecular weight is 246 g/mol. The molecular weight excluding hydrogens is 230 g/mol. The van der Waals surface area contributed by atoms with Crippen LogP contribution in [0.2, 0.25) is 0 Å². The predicted octanol–water partition coefficient (Wildman–Crippen LogP) is 1.83. The third-order valence-electron chi connectivity index (χ3n) is 2.20. The maximum atomic E-state index is 12.2. The van der Waals surface area contributed by atoms with E-state index >= 15 is 0 Å². The molecule has 4 nitrogen and oxygen atoms in total. The molecule has 3 N–H and O–H groups in total. The average Bonchev–Trinajstić information content (AvgIpc) is 2.31. The topological polar surface area (TPSA) is 56.5 Å². The monoisotopic (exact) mass is 246 g/mol. The van der Waals surface area contributed by atoms with Gasteiger partial charge in [-0.3, -0.25) is 11.3 Å². The fourth-order valence-corrected chi connectivity index (χ4v) is 1.44. The summed E-state index contributed by atoms with van der Waals surface area (Å²) in [5.74, 6) is 5.47. The Morgan fingerprint density at radius 1 is 1.35 bits per heavy atom. The number of hydrazine groups is 1. The van der Waals surface area contributed by atoms with E-state index in [1.54, 1.807) is 18.2 Å². The van der Waals surface area contributed by atoms with Crippen LogP contribution in [0.1, 0.15) is 18.5 Å². The third kappa shape index (κ3) is 4.26. The van der Waals surface area contributed by atoms with Crippen LogP contribution in [0.3, 0.4) is 0 Å². The van der Waals surface area contributed by atoms with E-state index in [0.29, 0.717) is 12.2 Å². The van der Waals surface area contributed by atoms with Crippen LogP contribution in [-0.2, 0) is 4.74 Å². The summed E-state index contributed by atoms with van der Waals surface area (Å²) >= 11 is 0. The number of benzene rings is 1. The molecule has 0 radical (unpaired) electrons.